The maximum absolute atomic E-state index is 10.00. The monoisotopic (exact) mass is 312 g/mol. The molecule has 1 aliphatic carbocycles. The summed E-state index contributed by atoms with van der Waals surface area (Å²) < 4.78 is 2.41. The van der Waals surface area contributed by atoms with Gasteiger partial charge in [0.2, 0.25) is 0 Å². The third kappa shape index (κ3) is 2.85. The smallest absolute Gasteiger partial charge is 0.138 e. The predicted octanol–water partition coefficient (Wildman–Crippen LogP) is 2.62. The number of hydrogen-bond donors (Lipinski definition) is 1. The summed E-state index contributed by atoms with van der Waals surface area (Å²) in [6, 6.07) is 4.11. The molecule has 3 heterocycles. The molecule has 5 nitrogen and oxygen atoms in total. The first kappa shape index (κ1) is 14.7. The van der Waals surface area contributed by atoms with E-state index in [1.54, 1.807) is 6.07 Å². The lowest BCUT2D eigenvalue weighted by Gasteiger charge is -2.20. The van der Waals surface area contributed by atoms with Crippen LogP contribution in [0.1, 0.15) is 48.1 Å². The van der Waals surface area contributed by atoms with Gasteiger partial charge < -0.3 is 9.67 Å². The molecule has 23 heavy (non-hydrogen) atoms. The molecule has 1 atom stereocenters. The first-order valence-corrected chi connectivity index (χ1v) is 8.63. The Morgan fingerprint density at radius 1 is 1.26 bits per heavy atom. The molecule has 2 aliphatic rings. The molecule has 0 spiro atoms. The van der Waals surface area contributed by atoms with Crippen molar-refractivity contribution in [3.63, 3.8) is 0 Å². The van der Waals surface area contributed by atoms with Gasteiger partial charge in [0.05, 0.1) is 17.7 Å². The van der Waals surface area contributed by atoms with Crippen LogP contribution in [0.5, 0.6) is 5.75 Å². The van der Waals surface area contributed by atoms with E-state index in [-0.39, 0.29) is 0 Å². The van der Waals surface area contributed by atoms with Crippen molar-refractivity contribution in [2.24, 2.45) is 0 Å². The van der Waals surface area contributed by atoms with Crippen LogP contribution in [0, 0.1) is 6.92 Å². The van der Waals surface area contributed by atoms with Crippen LogP contribution in [-0.2, 0) is 19.4 Å². The van der Waals surface area contributed by atoms with Gasteiger partial charge >= 0.3 is 0 Å². The molecule has 1 N–H and O–H groups in total. The standard InChI is InChI=1S/C18H24N4O/c1-13-6-7-18(23)16(20-13)11-21-9-8-14(10-21)22-12-19-15-4-2-3-5-17(15)22/h6-7,12,14,23H,2-5,8-11H2,1H3. The van der Waals surface area contributed by atoms with E-state index in [9.17, 15) is 5.11 Å². The minimum atomic E-state index is 0.305. The number of hydrogen-bond acceptors (Lipinski definition) is 4. The van der Waals surface area contributed by atoms with Gasteiger partial charge in [-0.15, -0.1) is 0 Å². The van der Waals surface area contributed by atoms with Crippen LogP contribution in [0.2, 0.25) is 0 Å². The molecule has 1 aliphatic heterocycles. The molecule has 1 unspecified atom stereocenters. The lowest BCUT2D eigenvalue weighted by Crippen LogP contribution is -2.22. The van der Waals surface area contributed by atoms with E-state index in [0.717, 1.165) is 43.9 Å². The summed E-state index contributed by atoms with van der Waals surface area (Å²) in [6.07, 6.45) is 8.07. The number of pyridine rings is 1. The lowest BCUT2D eigenvalue weighted by atomic mass is 10.0. The number of imidazole rings is 1. The molecule has 5 heteroatoms. The van der Waals surface area contributed by atoms with Gasteiger partial charge in [0, 0.05) is 37.1 Å². The molecule has 0 aromatic carbocycles. The molecule has 0 saturated carbocycles. The molecule has 4 rings (SSSR count). The Bertz CT molecular complexity index is 709. The van der Waals surface area contributed by atoms with Crippen molar-refractivity contribution >= 4 is 0 Å². The zero-order valence-corrected chi connectivity index (χ0v) is 13.7. The van der Waals surface area contributed by atoms with Crippen molar-refractivity contribution < 1.29 is 5.11 Å². The van der Waals surface area contributed by atoms with E-state index in [1.165, 1.54) is 30.7 Å². The van der Waals surface area contributed by atoms with Crippen molar-refractivity contribution in [2.75, 3.05) is 13.1 Å². The van der Waals surface area contributed by atoms with Crippen LogP contribution in [0.4, 0.5) is 0 Å². The largest absolute Gasteiger partial charge is 0.506 e. The van der Waals surface area contributed by atoms with Gasteiger partial charge in [-0.1, -0.05) is 0 Å². The molecule has 2 aromatic rings. The van der Waals surface area contributed by atoms with Crippen LogP contribution < -0.4 is 0 Å². The Morgan fingerprint density at radius 2 is 2.13 bits per heavy atom. The number of aryl methyl sites for hydroxylation is 2. The number of aromatic hydroxyl groups is 1. The lowest BCUT2D eigenvalue weighted by molar-refractivity contribution is 0.304. The Labute approximate surface area is 137 Å². The van der Waals surface area contributed by atoms with Crippen LogP contribution in [0.3, 0.4) is 0 Å². The van der Waals surface area contributed by atoms with Gasteiger partial charge in [-0.25, -0.2) is 4.98 Å². The molecule has 122 valence electrons. The number of fused-ring (bicyclic) bond motifs is 1. The quantitative estimate of drug-likeness (QED) is 0.946. The van der Waals surface area contributed by atoms with E-state index in [2.05, 4.69) is 19.4 Å². The Hall–Kier alpha value is -1.88. The van der Waals surface area contributed by atoms with Crippen molar-refractivity contribution in [3.8, 4) is 5.75 Å². The Kier molecular flexibility index (Phi) is 3.81. The number of nitrogens with zero attached hydrogens (tertiary/aromatic N) is 4. The van der Waals surface area contributed by atoms with E-state index < -0.39 is 0 Å². The summed E-state index contributed by atoms with van der Waals surface area (Å²) >= 11 is 0. The van der Waals surface area contributed by atoms with Crippen LogP contribution in [-0.4, -0.2) is 37.6 Å². The van der Waals surface area contributed by atoms with Gasteiger partial charge in [-0.2, -0.15) is 0 Å². The zero-order valence-electron chi connectivity index (χ0n) is 13.7. The molecule has 1 fully saturated rings. The molecule has 0 bridgehead atoms. The molecule has 1 saturated heterocycles. The average molecular weight is 312 g/mol. The number of rotatable bonds is 3. The van der Waals surface area contributed by atoms with E-state index in [4.69, 9.17) is 0 Å². The average Bonchev–Trinajstić information content (AvgIpc) is 3.17. The fraction of sp³-hybridized carbons (Fsp3) is 0.556. The second kappa shape index (κ2) is 5.96. The van der Waals surface area contributed by atoms with Crippen LogP contribution >= 0.6 is 0 Å². The molecule has 0 radical (unpaired) electrons. The van der Waals surface area contributed by atoms with Gasteiger partial charge in [0.1, 0.15) is 5.75 Å². The van der Waals surface area contributed by atoms with Crippen molar-refractivity contribution in [2.45, 2.75) is 51.6 Å². The SMILES string of the molecule is Cc1ccc(O)c(CN2CCC(n3cnc4c3CCCC4)C2)n1. The number of likely N-dealkylation sites (tertiary alicyclic amines) is 1. The van der Waals surface area contributed by atoms with Gasteiger partial charge in [0.25, 0.3) is 0 Å². The predicted molar refractivity (Wildman–Crippen MR) is 88.4 cm³/mol. The highest BCUT2D eigenvalue weighted by atomic mass is 16.3. The second-order valence-electron chi connectivity index (χ2n) is 6.85. The van der Waals surface area contributed by atoms with Crippen molar-refractivity contribution in [3.05, 3.63) is 41.2 Å². The minimum absolute atomic E-state index is 0.305. The molecular formula is C18H24N4O. The van der Waals surface area contributed by atoms with Crippen molar-refractivity contribution in [1.82, 2.24) is 19.4 Å². The highest BCUT2D eigenvalue weighted by Gasteiger charge is 2.27. The second-order valence-corrected chi connectivity index (χ2v) is 6.85. The van der Waals surface area contributed by atoms with Gasteiger partial charge in [-0.05, 0) is 51.2 Å². The Morgan fingerprint density at radius 3 is 3.04 bits per heavy atom. The maximum Gasteiger partial charge on any atom is 0.138 e. The van der Waals surface area contributed by atoms with E-state index >= 15 is 0 Å². The van der Waals surface area contributed by atoms with Crippen molar-refractivity contribution in [1.29, 1.82) is 0 Å². The molecule has 2 aromatic heterocycles. The summed E-state index contributed by atoms with van der Waals surface area (Å²) in [5.74, 6) is 0.305. The maximum atomic E-state index is 10.00. The summed E-state index contributed by atoms with van der Waals surface area (Å²) in [6.45, 7) is 4.75. The van der Waals surface area contributed by atoms with Crippen LogP contribution in [0.15, 0.2) is 18.5 Å². The summed E-state index contributed by atoms with van der Waals surface area (Å²) in [5.41, 5.74) is 4.52. The first-order valence-electron chi connectivity index (χ1n) is 8.63. The van der Waals surface area contributed by atoms with Crippen LogP contribution in [0.25, 0.3) is 0 Å². The zero-order chi connectivity index (χ0) is 15.8. The highest BCUT2D eigenvalue weighted by Crippen LogP contribution is 2.29. The van der Waals surface area contributed by atoms with Gasteiger partial charge in [0.15, 0.2) is 0 Å². The van der Waals surface area contributed by atoms with E-state index in [0.29, 0.717) is 11.8 Å². The molecular weight excluding hydrogens is 288 g/mol. The third-order valence-corrected chi connectivity index (χ3v) is 5.16. The summed E-state index contributed by atoms with van der Waals surface area (Å²) in [5, 5.41) is 10.00. The summed E-state index contributed by atoms with van der Waals surface area (Å²) in [4.78, 5) is 11.5. The minimum Gasteiger partial charge on any atom is -0.506 e. The highest BCUT2D eigenvalue weighted by molar-refractivity contribution is 5.27. The third-order valence-electron chi connectivity index (χ3n) is 5.16. The number of aromatic nitrogens is 3. The topological polar surface area (TPSA) is 54.2 Å². The fourth-order valence-electron chi connectivity index (χ4n) is 3.92. The van der Waals surface area contributed by atoms with E-state index in [1.807, 2.05) is 19.3 Å². The Balaban J connectivity index is 1.47. The van der Waals surface area contributed by atoms with Gasteiger partial charge in [-0.3, -0.25) is 9.88 Å². The fourth-order valence-corrected chi connectivity index (χ4v) is 3.92. The molecule has 0 amide bonds. The normalized spacial score (nSPS) is 21.5. The summed E-state index contributed by atoms with van der Waals surface area (Å²) in [7, 11) is 0. The first-order chi connectivity index (χ1) is 11.2.